The Balaban J connectivity index is 1.40. The fourth-order valence-electron chi connectivity index (χ4n) is 3.38. The molecule has 2 N–H and O–H groups in total. The standard InChI is InChI=1S/C20H21N3O3/c24-19-13-26-10-9-23(19)17-7-5-16(6-8-17)22-20(25)18-11-14-3-1-2-4-15(14)12-21-18/h1-8,18,21H,9-13H2,(H,22,25)/t18-/m0/s1. The lowest BCUT2D eigenvalue weighted by molar-refractivity contribution is -0.125. The van der Waals surface area contributed by atoms with E-state index in [9.17, 15) is 9.59 Å². The summed E-state index contributed by atoms with van der Waals surface area (Å²) in [5, 5.41) is 6.24. The lowest BCUT2D eigenvalue weighted by atomic mass is 9.95. The molecule has 6 nitrogen and oxygen atoms in total. The molecule has 1 atom stereocenters. The van der Waals surface area contributed by atoms with Crippen LogP contribution in [0.2, 0.25) is 0 Å². The second-order valence-corrected chi connectivity index (χ2v) is 6.54. The molecule has 1 saturated heterocycles. The molecule has 0 spiro atoms. The van der Waals surface area contributed by atoms with Gasteiger partial charge >= 0.3 is 0 Å². The highest BCUT2D eigenvalue weighted by Gasteiger charge is 2.24. The number of carbonyl (C=O) groups excluding carboxylic acids is 2. The molecule has 0 saturated carbocycles. The summed E-state index contributed by atoms with van der Waals surface area (Å²) in [5.41, 5.74) is 4.00. The van der Waals surface area contributed by atoms with Gasteiger partial charge < -0.3 is 20.3 Å². The lowest BCUT2D eigenvalue weighted by Gasteiger charge is -2.27. The Kier molecular flexibility index (Phi) is 4.69. The molecule has 2 aliphatic heterocycles. The van der Waals surface area contributed by atoms with Crippen LogP contribution >= 0.6 is 0 Å². The van der Waals surface area contributed by atoms with Gasteiger partial charge in [-0.2, -0.15) is 0 Å². The lowest BCUT2D eigenvalue weighted by Crippen LogP contribution is -2.44. The van der Waals surface area contributed by atoms with Gasteiger partial charge in [-0.15, -0.1) is 0 Å². The van der Waals surface area contributed by atoms with Gasteiger partial charge in [0.1, 0.15) is 6.61 Å². The highest BCUT2D eigenvalue weighted by atomic mass is 16.5. The van der Waals surface area contributed by atoms with E-state index in [0.717, 1.165) is 11.4 Å². The third kappa shape index (κ3) is 3.47. The summed E-state index contributed by atoms with van der Waals surface area (Å²) in [6.45, 7) is 1.91. The minimum Gasteiger partial charge on any atom is -0.370 e. The van der Waals surface area contributed by atoms with Gasteiger partial charge in [0, 0.05) is 24.5 Å². The van der Waals surface area contributed by atoms with Crippen molar-refractivity contribution < 1.29 is 14.3 Å². The van der Waals surface area contributed by atoms with Gasteiger partial charge in [-0.05, 0) is 41.8 Å². The maximum absolute atomic E-state index is 12.6. The zero-order valence-electron chi connectivity index (χ0n) is 14.4. The van der Waals surface area contributed by atoms with Crippen molar-refractivity contribution in [2.45, 2.75) is 19.0 Å². The van der Waals surface area contributed by atoms with Gasteiger partial charge in [-0.3, -0.25) is 9.59 Å². The number of morpholine rings is 1. The minimum absolute atomic E-state index is 0.0434. The number of amides is 2. The number of ether oxygens (including phenoxy) is 1. The summed E-state index contributed by atoms with van der Waals surface area (Å²) >= 11 is 0. The molecule has 2 aliphatic rings. The SMILES string of the molecule is O=C(Nc1ccc(N2CCOCC2=O)cc1)[C@@H]1Cc2ccccc2CN1. The Labute approximate surface area is 152 Å². The van der Waals surface area contributed by atoms with Crippen molar-refractivity contribution in [1.82, 2.24) is 5.32 Å². The van der Waals surface area contributed by atoms with Gasteiger partial charge in [-0.25, -0.2) is 0 Å². The Hall–Kier alpha value is -2.70. The van der Waals surface area contributed by atoms with E-state index in [-0.39, 0.29) is 24.5 Å². The van der Waals surface area contributed by atoms with Gasteiger partial charge in [0.15, 0.2) is 0 Å². The van der Waals surface area contributed by atoms with E-state index in [0.29, 0.717) is 26.1 Å². The molecule has 1 fully saturated rings. The van der Waals surface area contributed by atoms with Crippen LogP contribution in [-0.4, -0.2) is 37.6 Å². The van der Waals surface area contributed by atoms with Crippen molar-refractivity contribution in [3.63, 3.8) is 0 Å². The molecule has 0 aromatic heterocycles. The highest BCUT2D eigenvalue weighted by Crippen LogP contribution is 2.21. The summed E-state index contributed by atoms with van der Waals surface area (Å²) in [7, 11) is 0. The van der Waals surface area contributed by atoms with E-state index in [2.05, 4.69) is 22.8 Å². The number of rotatable bonds is 3. The molecule has 0 aliphatic carbocycles. The fourth-order valence-corrected chi connectivity index (χ4v) is 3.38. The van der Waals surface area contributed by atoms with E-state index in [1.807, 2.05) is 36.4 Å². The molecule has 0 radical (unpaired) electrons. The van der Waals surface area contributed by atoms with Gasteiger partial charge in [0.2, 0.25) is 5.91 Å². The summed E-state index contributed by atoms with van der Waals surface area (Å²) in [5.74, 6) is -0.0900. The maximum atomic E-state index is 12.6. The molecule has 134 valence electrons. The molecule has 2 aromatic rings. The Morgan fingerprint density at radius 2 is 1.88 bits per heavy atom. The number of carbonyl (C=O) groups is 2. The number of hydrogen-bond acceptors (Lipinski definition) is 4. The van der Waals surface area contributed by atoms with Crippen molar-refractivity contribution in [3.05, 3.63) is 59.7 Å². The first kappa shape index (κ1) is 16.8. The number of nitrogens with zero attached hydrogens (tertiary/aromatic N) is 1. The number of hydrogen-bond donors (Lipinski definition) is 2. The number of nitrogens with one attached hydrogen (secondary N) is 2. The van der Waals surface area contributed by atoms with Crippen molar-refractivity contribution in [3.8, 4) is 0 Å². The van der Waals surface area contributed by atoms with Gasteiger partial charge in [-0.1, -0.05) is 24.3 Å². The fraction of sp³-hybridized carbons (Fsp3) is 0.300. The van der Waals surface area contributed by atoms with Crippen molar-refractivity contribution in [2.24, 2.45) is 0 Å². The van der Waals surface area contributed by atoms with Crippen LogP contribution in [0.15, 0.2) is 48.5 Å². The predicted molar refractivity (Wildman–Crippen MR) is 99.0 cm³/mol. The Morgan fingerprint density at radius 3 is 2.65 bits per heavy atom. The van der Waals surface area contributed by atoms with Crippen LogP contribution in [0.4, 0.5) is 11.4 Å². The molecule has 0 unspecified atom stereocenters. The highest BCUT2D eigenvalue weighted by molar-refractivity contribution is 5.97. The average molecular weight is 351 g/mol. The summed E-state index contributed by atoms with van der Waals surface area (Å²) in [6.07, 6.45) is 0.683. The zero-order chi connectivity index (χ0) is 17.9. The first-order valence-electron chi connectivity index (χ1n) is 8.80. The van der Waals surface area contributed by atoms with E-state index in [1.165, 1.54) is 11.1 Å². The zero-order valence-corrected chi connectivity index (χ0v) is 14.4. The van der Waals surface area contributed by atoms with Crippen LogP contribution in [0.5, 0.6) is 0 Å². The van der Waals surface area contributed by atoms with Crippen LogP contribution in [-0.2, 0) is 27.3 Å². The third-order valence-corrected chi connectivity index (χ3v) is 4.83. The van der Waals surface area contributed by atoms with Gasteiger partial charge in [0.05, 0.1) is 12.6 Å². The average Bonchev–Trinajstić information content (AvgIpc) is 2.69. The van der Waals surface area contributed by atoms with E-state index in [1.54, 1.807) is 4.90 Å². The van der Waals surface area contributed by atoms with Crippen LogP contribution in [0.25, 0.3) is 0 Å². The molecule has 2 aromatic carbocycles. The second kappa shape index (κ2) is 7.27. The minimum atomic E-state index is -0.245. The monoisotopic (exact) mass is 351 g/mol. The van der Waals surface area contributed by atoms with Gasteiger partial charge in [0.25, 0.3) is 5.91 Å². The first-order valence-corrected chi connectivity index (χ1v) is 8.80. The van der Waals surface area contributed by atoms with Crippen molar-refractivity contribution >= 4 is 23.2 Å². The smallest absolute Gasteiger partial charge is 0.253 e. The predicted octanol–water partition coefficient (Wildman–Crippen LogP) is 1.70. The normalized spacial score (nSPS) is 19.8. The number of benzene rings is 2. The van der Waals surface area contributed by atoms with E-state index >= 15 is 0 Å². The largest absolute Gasteiger partial charge is 0.370 e. The number of anilines is 2. The molecule has 4 rings (SSSR count). The topological polar surface area (TPSA) is 70.7 Å². The van der Waals surface area contributed by atoms with Crippen LogP contribution in [0.1, 0.15) is 11.1 Å². The van der Waals surface area contributed by atoms with Crippen LogP contribution < -0.4 is 15.5 Å². The first-order chi connectivity index (χ1) is 12.7. The van der Waals surface area contributed by atoms with E-state index < -0.39 is 0 Å². The second-order valence-electron chi connectivity index (χ2n) is 6.54. The van der Waals surface area contributed by atoms with Crippen LogP contribution in [0.3, 0.4) is 0 Å². The molecule has 26 heavy (non-hydrogen) atoms. The van der Waals surface area contributed by atoms with E-state index in [4.69, 9.17) is 4.74 Å². The molecule has 2 heterocycles. The van der Waals surface area contributed by atoms with Crippen molar-refractivity contribution in [1.29, 1.82) is 0 Å². The quantitative estimate of drug-likeness (QED) is 0.883. The molecular weight excluding hydrogens is 330 g/mol. The van der Waals surface area contributed by atoms with Crippen LogP contribution in [0, 0.1) is 0 Å². The maximum Gasteiger partial charge on any atom is 0.253 e. The summed E-state index contributed by atoms with van der Waals surface area (Å²) < 4.78 is 5.15. The Morgan fingerprint density at radius 1 is 1.12 bits per heavy atom. The third-order valence-electron chi connectivity index (χ3n) is 4.83. The summed E-state index contributed by atoms with van der Waals surface area (Å²) in [6, 6.07) is 15.3. The molecule has 0 bridgehead atoms. The molecule has 6 heteroatoms. The molecule has 2 amide bonds. The Bertz CT molecular complexity index is 819. The molecular formula is C20H21N3O3. The summed E-state index contributed by atoms with van der Waals surface area (Å²) in [4.78, 5) is 26.2. The number of fused-ring (bicyclic) bond motifs is 1. The van der Waals surface area contributed by atoms with Crippen molar-refractivity contribution in [2.75, 3.05) is 30.0 Å².